The van der Waals surface area contributed by atoms with Gasteiger partial charge in [-0.25, -0.2) is 26.9 Å². The Morgan fingerprint density at radius 3 is 2.48 bits per heavy atom. The summed E-state index contributed by atoms with van der Waals surface area (Å²) in [5.74, 6) is 0.359. The van der Waals surface area contributed by atoms with E-state index >= 15 is 0 Å². The number of para-hydroxylation sites is 1. The van der Waals surface area contributed by atoms with Crippen LogP contribution in [0.15, 0.2) is 73.1 Å². The van der Waals surface area contributed by atoms with Crippen molar-refractivity contribution in [3.05, 3.63) is 54.7 Å². The highest BCUT2D eigenvalue weighted by Crippen LogP contribution is 2.38. The summed E-state index contributed by atoms with van der Waals surface area (Å²) in [6, 6.07) is 13.1. The summed E-state index contributed by atoms with van der Waals surface area (Å²) in [5.41, 5.74) is 0.974. The van der Waals surface area contributed by atoms with E-state index < -0.39 is 19.9 Å². The molecule has 0 radical (unpaired) electrons. The highest BCUT2D eigenvalue weighted by Gasteiger charge is 2.22. The molecule has 14 heteroatoms. The number of nitrogens with zero attached hydrogens (tertiary/aromatic N) is 4. The van der Waals surface area contributed by atoms with Gasteiger partial charge in [-0.2, -0.15) is 0 Å². The topological polar surface area (TPSA) is 148 Å². The van der Waals surface area contributed by atoms with E-state index in [2.05, 4.69) is 30.3 Å². The zero-order chi connectivity index (χ0) is 22.1. The van der Waals surface area contributed by atoms with Crippen LogP contribution in [-0.2, 0) is 19.9 Å². The second-order valence-electron chi connectivity index (χ2n) is 6.20. The Labute approximate surface area is 186 Å². The number of H-pyrrole nitrogens is 1. The van der Waals surface area contributed by atoms with E-state index in [9.17, 15) is 16.8 Å². The molecule has 2 aromatic heterocycles. The fourth-order valence-electron chi connectivity index (χ4n) is 2.51. The summed E-state index contributed by atoms with van der Waals surface area (Å²) >= 11 is 2.00. The second kappa shape index (κ2) is 8.37. The largest absolute Gasteiger partial charge is 0.280 e. The van der Waals surface area contributed by atoms with E-state index in [-0.39, 0.29) is 9.10 Å². The SMILES string of the molecule is CS(=O)(=O)c1cnc(Sc2cc(-c3nnn[nH]3)ccc2S(=O)(=O)Nc2ccccc2)s1. The Morgan fingerprint density at radius 2 is 1.84 bits per heavy atom. The average Bonchev–Trinajstić information content (AvgIpc) is 3.40. The van der Waals surface area contributed by atoms with Crippen molar-refractivity contribution >= 4 is 48.6 Å². The summed E-state index contributed by atoms with van der Waals surface area (Å²) in [4.78, 5) is 4.46. The van der Waals surface area contributed by atoms with E-state index in [1.165, 1.54) is 12.3 Å². The van der Waals surface area contributed by atoms with E-state index in [0.717, 1.165) is 29.4 Å². The number of hydrogen-bond acceptors (Lipinski definition) is 10. The van der Waals surface area contributed by atoms with Gasteiger partial charge in [-0.3, -0.25) is 4.72 Å². The third kappa shape index (κ3) is 4.92. The molecule has 10 nitrogen and oxygen atoms in total. The van der Waals surface area contributed by atoms with Crippen LogP contribution >= 0.6 is 23.1 Å². The van der Waals surface area contributed by atoms with Gasteiger partial charge >= 0.3 is 0 Å². The van der Waals surface area contributed by atoms with Crippen molar-refractivity contribution in [3.8, 4) is 11.4 Å². The third-order valence-electron chi connectivity index (χ3n) is 3.90. The van der Waals surface area contributed by atoms with Gasteiger partial charge in [0.2, 0.25) is 0 Å². The first-order valence-corrected chi connectivity index (χ1v) is 13.5. The molecule has 0 saturated carbocycles. The molecule has 0 aliphatic heterocycles. The van der Waals surface area contributed by atoms with Crippen LogP contribution in [-0.4, -0.2) is 48.7 Å². The lowest BCUT2D eigenvalue weighted by Gasteiger charge is -2.12. The molecule has 0 amide bonds. The molecule has 2 N–H and O–H groups in total. The van der Waals surface area contributed by atoms with Crippen LogP contribution in [0.3, 0.4) is 0 Å². The van der Waals surface area contributed by atoms with Crippen molar-refractivity contribution in [2.45, 2.75) is 18.3 Å². The molecule has 0 aliphatic carbocycles. The summed E-state index contributed by atoms with van der Waals surface area (Å²) in [7, 11) is -7.36. The Balaban J connectivity index is 1.76. The Hall–Kier alpha value is -2.81. The fourth-order valence-corrected chi connectivity index (χ4v) is 7.07. The Kier molecular flexibility index (Phi) is 5.79. The highest BCUT2D eigenvalue weighted by molar-refractivity contribution is 8.02. The van der Waals surface area contributed by atoms with Gasteiger partial charge in [0.15, 0.2) is 20.0 Å². The molecule has 2 heterocycles. The maximum atomic E-state index is 13.1. The van der Waals surface area contributed by atoms with Crippen LogP contribution in [0.2, 0.25) is 0 Å². The lowest BCUT2D eigenvalue weighted by atomic mass is 10.2. The maximum Gasteiger partial charge on any atom is 0.263 e. The number of sulfonamides is 1. The lowest BCUT2D eigenvalue weighted by Crippen LogP contribution is -2.14. The van der Waals surface area contributed by atoms with Crippen LogP contribution in [0.25, 0.3) is 11.4 Å². The van der Waals surface area contributed by atoms with Gasteiger partial charge in [-0.15, -0.1) is 5.10 Å². The molecule has 0 saturated heterocycles. The van der Waals surface area contributed by atoms with Crippen molar-refractivity contribution in [2.24, 2.45) is 0 Å². The maximum absolute atomic E-state index is 13.1. The van der Waals surface area contributed by atoms with E-state index in [1.807, 2.05) is 0 Å². The van der Waals surface area contributed by atoms with Crippen molar-refractivity contribution in [1.82, 2.24) is 25.6 Å². The second-order valence-corrected chi connectivity index (χ2v) is 12.4. The summed E-state index contributed by atoms with van der Waals surface area (Å²) in [5, 5.41) is 13.5. The predicted octanol–water partition coefficient (Wildman–Crippen LogP) is 2.68. The minimum atomic E-state index is -3.95. The third-order valence-corrected chi connectivity index (χ3v) is 9.39. The van der Waals surface area contributed by atoms with Crippen LogP contribution in [0, 0.1) is 0 Å². The predicted molar refractivity (Wildman–Crippen MR) is 116 cm³/mol. The summed E-state index contributed by atoms with van der Waals surface area (Å²) in [6.07, 6.45) is 2.34. The summed E-state index contributed by atoms with van der Waals surface area (Å²) < 4.78 is 52.7. The first kappa shape index (κ1) is 21.4. The van der Waals surface area contributed by atoms with Gasteiger partial charge in [0.05, 0.1) is 6.20 Å². The van der Waals surface area contributed by atoms with Gasteiger partial charge in [-0.05, 0) is 40.8 Å². The van der Waals surface area contributed by atoms with Crippen molar-refractivity contribution in [1.29, 1.82) is 0 Å². The van der Waals surface area contributed by atoms with Crippen LogP contribution in [0.4, 0.5) is 5.69 Å². The number of aromatic amines is 1. The molecule has 4 aromatic rings. The van der Waals surface area contributed by atoms with Gasteiger partial charge < -0.3 is 0 Å². The first-order chi connectivity index (χ1) is 14.7. The average molecular weight is 495 g/mol. The highest BCUT2D eigenvalue weighted by atomic mass is 32.2. The molecule has 0 spiro atoms. The summed E-state index contributed by atoms with van der Waals surface area (Å²) in [6.45, 7) is 0. The van der Waals surface area contributed by atoms with Crippen molar-refractivity contribution in [2.75, 3.05) is 11.0 Å². The number of aromatic nitrogens is 5. The molecule has 2 aromatic carbocycles. The molecular formula is C17H14N6O4S4. The van der Waals surface area contributed by atoms with Gasteiger partial charge in [0.25, 0.3) is 10.0 Å². The Bertz CT molecular complexity index is 1420. The van der Waals surface area contributed by atoms with Gasteiger partial charge in [-0.1, -0.05) is 41.3 Å². The van der Waals surface area contributed by atoms with Crippen molar-refractivity contribution in [3.63, 3.8) is 0 Å². The number of thiazole rings is 1. The number of rotatable bonds is 7. The molecule has 31 heavy (non-hydrogen) atoms. The zero-order valence-electron chi connectivity index (χ0n) is 15.8. The zero-order valence-corrected chi connectivity index (χ0v) is 19.0. The number of anilines is 1. The molecule has 4 rings (SSSR count). The number of nitrogens with one attached hydrogen (secondary N) is 2. The van der Waals surface area contributed by atoms with E-state index in [0.29, 0.717) is 26.3 Å². The van der Waals surface area contributed by atoms with Gasteiger partial charge in [0, 0.05) is 22.4 Å². The number of benzene rings is 2. The molecular weight excluding hydrogens is 480 g/mol. The smallest absolute Gasteiger partial charge is 0.263 e. The standard InChI is InChI=1S/C17H14N6O4S4/c1-30(24,25)15-10-18-17(29-15)28-13-9-11(16-19-22-23-20-16)7-8-14(13)31(26,27)21-12-5-3-2-4-6-12/h2-10,21H,1H3,(H,19,20,22,23). The molecule has 160 valence electrons. The number of sulfone groups is 1. The number of tetrazole rings is 1. The molecule has 0 fully saturated rings. The van der Waals surface area contributed by atoms with E-state index in [1.54, 1.807) is 42.5 Å². The Morgan fingerprint density at radius 1 is 1.06 bits per heavy atom. The lowest BCUT2D eigenvalue weighted by molar-refractivity contribution is 0.598. The van der Waals surface area contributed by atoms with Crippen LogP contribution < -0.4 is 4.72 Å². The minimum absolute atomic E-state index is 0.00804. The monoisotopic (exact) mass is 494 g/mol. The quantitative estimate of drug-likeness (QED) is 0.395. The normalized spacial score (nSPS) is 12.0. The number of hydrogen-bond donors (Lipinski definition) is 2. The van der Waals surface area contributed by atoms with Gasteiger partial charge in [0.1, 0.15) is 9.10 Å². The molecule has 0 bridgehead atoms. The van der Waals surface area contributed by atoms with Crippen LogP contribution in [0.5, 0.6) is 0 Å². The van der Waals surface area contributed by atoms with E-state index in [4.69, 9.17) is 0 Å². The fraction of sp³-hybridized carbons (Fsp3) is 0.0588. The molecule has 0 aliphatic rings. The molecule has 0 unspecified atom stereocenters. The first-order valence-electron chi connectivity index (χ1n) is 8.52. The molecule has 0 atom stereocenters. The minimum Gasteiger partial charge on any atom is -0.280 e. The van der Waals surface area contributed by atoms with Crippen LogP contribution in [0.1, 0.15) is 0 Å². The van der Waals surface area contributed by atoms with Crippen molar-refractivity contribution < 1.29 is 16.8 Å².